The summed E-state index contributed by atoms with van der Waals surface area (Å²) in [5.74, 6) is -4.41. The zero-order chi connectivity index (χ0) is 22.7. The number of ether oxygens (including phenoxy) is 1. The van der Waals surface area contributed by atoms with Gasteiger partial charge in [0.25, 0.3) is 0 Å². The number of carboxylic acids is 1. The van der Waals surface area contributed by atoms with Crippen LogP contribution in [-0.2, 0) is 20.7 Å². The van der Waals surface area contributed by atoms with E-state index in [9.17, 15) is 19.8 Å². The molecule has 1 aliphatic carbocycles. The summed E-state index contributed by atoms with van der Waals surface area (Å²) in [6, 6.07) is 24.0. The van der Waals surface area contributed by atoms with E-state index in [0.29, 0.717) is 0 Å². The van der Waals surface area contributed by atoms with Crippen molar-refractivity contribution < 1.29 is 24.5 Å². The van der Waals surface area contributed by atoms with Crippen LogP contribution in [0.3, 0.4) is 0 Å². The SMILES string of the molecule is N[C@@H](Cc1ccccc1)[C@@H](O)C(C(=O)O)C(=O)OCC1c2ccccc2-c2ccccc21. The Kier molecular flexibility index (Phi) is 6.35. The molecule has 0 bridgehead atoms. The monoisotopic (exact) mass is 431 g/mol. The smallest absolute Gasteiger partial charge is 0.323 e. The number of fused-ring (bicyclic) bond motifs is 3. The summed E-state index contributed by atoms with van der Waals surface area (Å²) in [6.07, 6.45) is -1.34. The number of hydrogen-bond donors (Lipinski definition) is 3. The summed E-state index contributed by atoms with van der Waals surface area (Å²) in [5.41, 5.74) is 11.1. The van der Waals surface area contributed by atoms with Crippen molar-refractivity contribution in [3.05, 3.63) is 95.6 Å². The summed E-state index contributed by atoms with van der Waals surface area (Å²) < 4.78 is 5.45. The van der Waals surface area contributed by atoms with Crippen LogP contribution in [0.4, 0.5) is 0 Å². The van der Waals surface area contributed by atoms with E-state index in [2.05, 4.69) is 0 Å². The van der Waals surface area contributed by atoms with E-state index in [0.717, 1.165) is 27.8 Å². The minimum atomic E-state index is -1.76. The molecule has 0 aliphatic heterocycles. The number of aliphatic hydroxyl groups excluding tert-OH is 1. The molecular formula is C26H25NO5. The normalized spacial score (nSPS) is 15.3. The predicted molar refractivity (Wildman–Crippen MR) is 120 cm³/mol. The predicted octanol–water partition coefficient (Wildman–Crippen LogP) is 2.97. The zero-order valence-corrected chi connectivity index (χ0v) is 17.4. The maximum absolute atomic E-state index is 12.7. The fraction of sp³-hybridized carbons (Fsp3) is 0.231. The molecule has 0 spiro atoms. The lowest BCUT2D eigenvalue weighted by Gasteiger charge is -2.24. The first-order chi connectivity index (χ1) is 15.5. The van der Waals surface area contributed by atoms with Gasteiger partial charge in [0.15, 0.2) is 5.92 Å². The standard InChI is InChI=1S/C26H25NO5/c27-22(14-16-8-2-1-3-9-16)24(28)23(25(29)30)26(31)32-15-21-19-12-6-4-10-17(19)18-11-5-7-13-20(18)21/h1-13,21-24,28H,14-15,27H2,(H,29,30)/t22-,23?,24+/m0/s1. The lowest BCUT2D eigenvalue weighted by molar-refractivity contribution is -0.164. The Balaban J connectivity index is 1.48. The van der Waals surface area contributed by atoms with Gasteiger partial charge in [-0.1, -0.05) is 78.9 Å². The first-order valence-corrected chi connectivity index (χ1v) is 10.5. The summed E-state index contributed by atoms with van der Waals surface area (Å²) in [6.45, 7) is -0.0166. The number of hydrogen-bond acceptors (Lipinski definition) is 5. The van der Waals surface area contributed by atoms with Crippen LogP contribution in [0, 0.1) is 5.92 Å². The van der Waals surface area contributed by atoms with Crippen molar-refractivity contribution >= 4 is 11.9 Å². The number of nitrogens with two attached hydrogens (primary N) is 1. The average Bonchev–Trinajstić information content (AvgIpc) is 3.12. The summed E-state index contributed by atoms with van der Waals surface area (Å²) >= 11 is 0. The van der Waals surface area contributed by atoms with Crippen LogP contribution in [0.2, 0.25) is 0 Å². The number of carboxylic acid groups (broad SMARTS) is 1. The zero-order valence-electron chi connectivity index (χ0n) is 17.4. The van der Waals surface area contributed by atoms with Gasteiger partial charge in [-0.2, -0.15) is 0 Å². The molecule has 4 rings (SSSR count). The first kappa shape index (κ1) is 21.7. The number of esters is 1. The summed E-state index contributed by atoms with van der Waals surface area (Å²) in [5, 5.41) is 20.2. The second kappa shape index (κ2) is 9.34. The Labute approximate surface area is 186 Å². The lowest BCUT2D eigenvalue weighted by Crippen LogP contribution is -2.48. The Bertz CT molecular complexity index is 1070. The van der Waals surface area contributed by atoms with E-state index in [1.165, 1.54) is 0 Å². The highest BCUT2D eigenvalue weighted by molar-refractivity contribution is 5.95. The van der Waals surface area contributed by atoms with Crippen LogP contribution in [0.15, 0.2) is 78.9 Å². The van der Waals surface area contributed by atoms with Crippen molar-refractivity contribution in [2.45, 2.75) is 24.5 Å². The van der Waals surface area contributed by atoms with Gasteiger partial charge < -0.3 is 20.7 Å². The van der Waals surface area contributed by atoms with Crippen LogP contribution in [0.1, 0.15) is 22.6 Å². The molecular weight excluding hydrogens is 406 g/mol. The third kappa shape index (κ3) is 4.28. The highest BCUT2D eigenvalue weighted by Crippen LogP contribution is 2.44. The Morgan fingerprint density at radius 3 is 1.97 bits per heavy atom. The second-order valence-electron chi connectivity index (χ2n) is 8.02. The van der Waals surface area contributed by atoms with Gasteiger partial charge in [-0.05, 0) is 34.2 Å². The summed E-state index contributed by atoms with van der Waals surface area (Å²) in [7, 11) is 0. The van der Waals surface area contributed by atoms with E-state index in [4.69, 9.17) is 10.5 Å². The van der Waals surface area contributed by atoms with Crippen LogP contribution >= 0.6 is 0 Å². The molecule has 1 unspecified atom stereocenters. The molecule has 0 fully saturated rings. The van der Waals surface area contributed by atoms with Gasteiger partial charge in [0.05, 0.1) is 6.10 Å². The van der Waals surface area contributed by atoms with Gasteiger partial charge in [0.2, 0.25) is 0 Å². The van der Waals surface area contributed by atoms with Crippen LogP contribution in [-0.4, -0.2) is 40.9 Å². The Hall–Kier alpha value is -3.48. The van der Waals surface area contributed by atoms with Crippen molar-refractivity contribution in [2.75, 3.05) is 6.61 Å². The molecule has 3 aromatic rings. The Morgan fingerprint density at radius 1 is 0.875 bits per heavy atom. The number of carbonyl (C=O) groups is 2. The maximum atomic E-state index is 12.7. The van der Waals surface area contributed by atoms with Gasteiger partial charge in [-0.25, -0.2) is 0 Å². The highest BCUT2D eigenvalue weighted by atomic mass is 16.5. The molecule has 0 saturated carbocycles. The quantitative estimate of drug-likeness (QED) is 0.374. The van der Waals surface area contributed by atoms with E-state index < -0.39 is 30.0 Å². The molecule has 6 heteroatoms. The van der Waals surface area contributed by atoms with E-state index in [-0.39, 0.29) is 18.9 Å². The number of aliphatic carboxylic acids is 1. The van der Waals surface area contributed by atoms with Gasteiger partial charge in [-0.15, -0.1) is 0 Å². The lowest BCUT2D eigenvalue weighted by atomic mass is 9.92. The molecule has 0 amide bonds. The maximum Gasteiger partial charge on any atom is 0.323 e. The number of aliphatic hydroxyl groups is 1. The van der Waals surface area contributed by atoms with Gasteiger partial charge in [-0.3, -0.25) is 9.59 Å². The third-order valence-corrected chi connectivity index (χ3v) is 5.97. The van der Waals surface area contributed by atoms with Crippen molar-refractivity contribution in [1.29, 1.82) is 0 Å². The molecule has 4 N–H and O–H groups in total. The van der Waals surface area contributed by atoms with Crippen molar-refractivity contribution in [3.63, 3.8) is 0 Å². The average molecular weight is 431 g/mol. The van der Waals surface area contributed by atoms with Crippen LogP contribution in [0.25, 0.3) is 11.1 Å². The van der Waals surface area contributed by atoms with Crippen molar-refractivity contribution in [2.24, 2.45) is 11.7 Å². The number of rotatable bonds is 8. The van der Waals surface area contributed by atoms with E-state index in [1.54, 1.807) is 0 Å². The fourth-order valence-corrected chi connectivity index (χ4v) is 4.34. The van der Waals surface area contributed by atoms with Crippen molar-refractivity contribution in [3.8, 4) is 11.1 Å². The molecule has 1 aliphatic rings. The molecule has 3 aromatic carbocycles. The molecule has 0 saturated heterocycles. The summed E-state index contributed by atoms with van der Waals surface area (Å²) in [4.78, 5) is 24.6. The molecule has 6 nitrogen and oxygen atoms in total. The number of benzene rings is 3. The fourth-order valence-electron chi connectivity index (χ4n) is 4.34. The minimum absolute atomic E-state index is 0.0166. The second-order valence-corrected chi connectivity index (χ2v) is 8.02. The van der Waals surface area contributed by atoms with Gasteiger partial charge in [0, 0.05) is 12.0 Å². The van der Waals surface area contributed by atoms with E-state index in [1.807, 2.05) is 78.9 Å². The molecule has 32 heavy (non-hydrogen) atoms. The van der Waals surface area contributed by atoms with Gasteiger partial charge >= 0.3 is 11.9 Å². The molecule has 0 radical (unpaired) electrons. The molecule has 3 atom stereocenters. The van der Waals surface area contributed by atoms with E-state index >= 15 is 0 Å². The Morgan fingerprint density at radius 2 is 1.41 bits per heavy atom. The van der Waals surface area contributed by atoms with Crippen LogP contribution < -0.4 is 5.73 Å². The minimum Gasteiger partial charge on any atom is -0.481 e. The first-order valence-electron chi connectivity index (χ1n) is 10.5. The molecule has 164 valence electrons. The third-order valence-electron chi connectivity index (χ3n) is 5.97. The molecule has 0 aromatic heterocycles. The van der Waals surface area contributed by atoms with Crippen molar-refractivity contribution in [1.82, 2.24) is 0 Å². The van der Waals surface area contributed by atoms with Gasteiger partial charge in [0.1, 0.15) is 6.61 Å². The van der Waals surface area contributed by atoms with Crippen LogP contribution in [0.5, 0.6) is 0 Å². The topological polar surface area (TPSA) is 110 Å². The largest absolute Gasteiger partial charge is 0.481 e. The number of carbonyl (C=O) groups excluding carboxylic acids is 1. The highest BCUT2D eigenvalue weighted by Gasteiger charge is 2.39. The molecule has 0 heterocycles.